The highest BCUT2D eigenvalue weighted by Crippen LogP contribution is 2.24. The zero-order chi connectivity index (χ0) is 10.8. The molecular formula is C9H11ClF3N3. The molecule has 1 aromatic rings. The fraction of sp³-hybridized carbons (Fsp3) is 0.444. The minimum absolute atomic E-state index is 0. The van der Waals surface area contributed by atoms with Gasteiger partial charge in [-0.15, -0.1) is 12.4 Å². The van der Waals surface area contributed by atoms with Crippen LogP contribution in [0.1, 0.15) is 0 Å². The van der Waals surface area contributed by atoms with Crippen LogP contribution in [-0.2, 0) is 0 Å². The van der Waals surface area contributed by atoms with Crippen LogP contribution in [0.5, 0.6) is 0 Å². The largest absolute Gasteiger partial charge is 0.364 e. The first-order chi connectivity index (χ1) is 7.20. The van der Waals surface area contributed by atoms with E-state index in [1.54, 1.807) is 0 Å². The summed E-state index contributed by atoms with van der Waals surface area (Å²) >= 11 is 0. The van der Waals surface area contributed by atoms with Crippen molar-refractivity contribution in [1.29, 1.82) is 0 Å². The first-order valence-electron chi connectivity index (χ1n) is 4.65. The molecule has 1 fully saturated rings. The van der Waals surface area contributed by atoms with Crippen molar-refractivity contribution in [2.24, 2.45) is 0 Å². The second-order valence-electron chi connectivity index (χ2n) is 3.30. The Morgan fingerprint density at radius 3 is 2.44 bits per heavy atom. The van der Waals surface area contributed by atoms with Crippen LogP contribution in [0.15, 0.2) is 6.20 Å². The number of rotatable bonds is 1. The van der Waals surface area contributed by atoms with E-state index in [0.717, 1.165) is 0 Å². The Morgan fingerprint density at radius 2 is 1.81 bits per heavy atom. The maximum absolute atomic E-state index is 13.3. The van der Waals surface area contributed by atoms with Gasteiger partial charge in [0, 0.05) is 26.2 Å². The van der Waals surface area contributed by atoms with Crippen LogP contribution in [0.3, 0.4) is 0 Å². The summed E-state index contributed by atoms with van der Waals surface area (Å²) in [7, 11) is 0. The third kappa shape index (κ3) is 2.38. The number of aromatic nitrogens is 1. The molecular weight excluding hydrogens is 243 g/mol. The van der Waals surface area contributed by atoms with Crippen LogP contribution in [0.25, 0.3) is 0 Å². The lowest BCUT2D eigenvalue weighted by Gasteiger charge is -2.29. The number of halogens is 4. The highest BCUT2D eigenvalue weighted by Gasteiger charge is 2.22. The van der Waals surface area contributed by atoms with E-state index < -0.39 is 17.6 Å². The molecule has 0 spiro atoms. The Bertz CT molecular complexity index is 369. The van der Waals surface area contributed by atoms with Gasteiger partial charge in [0.25, 0.3) is 5.95 Å². The van der Waals surface area contributed by atoms with E-state index in [2.05, 4.69) is 10.3 Å². The van der Waals surface area contributed by atoms with Gasteiger partial charge in [0.1, 0.15) is 5.69 Å². The summed E-state index contributed by atoms with van der Waals surface area (Å²) in [5.74, 6) is -3.29. The van der Waals surface area contributed by atoms with E-state index in [0.29, 0.717) is 32.4 Å². The van der Waals surface area contributed by atoms with Crippen molar-refractivity contribution in [1.82, 2.24) is 10.3 Å². The molecule has 7 heteroatoms. The van der Waals surface area contributed by atoms with Gasteiger partial charge < -0.3 is 10.2 Å². The van der Waals surface area contributed by atoms with Crippen molar-refractivity contribution in [3.63, 3.8) is 0 Å². The number of hydrogen-bond donors (Lipinski definition) is 1. The van der Waals surface area contributed by atoms with Crippen LogP contribution in [-0.4, -0.2) is 31.2 Å². The van der Waals surface area contributed by atoms with Gasteiger partial charge in [-0.2, -0.15) is 8.78 Å². The summed E-state index contributed by atoms with van der Waals surface area (Å²) in [6.45, 7) is 2.17. The summed E-state index contributed by atoms with van der Waals surface area (Å²) in [5, 5.41) is 3.04. The average molecular weight is 254 g/mol. The Hall–Kier alpha value is -1.01. The van der Waals surface area contributed by atoms with Crippen LogP contribution in [0.4, 0.5) is 18.9 Å². The van der Waals surface area contributed by atoms with Crippen molar-refractivity contribution >= 4 is 18.1 Å². The van der Waals surface area contributed by atoms with Gasteiger partial charge in [-0.05, 0) is 0 Å². The molecule has 0 bridgehead atoms. The molecule has 1 aromatic heterocycles. The molecule has 1 N–H and O–H groups in total. The number of pyridine rings is 1. The Labute approximate surface area is 97.1 Å². The maximum Gasteiger partial charge on any atom is 0.251 e. The second-order valence-corrected chi connectivity index (χ2v) is 3.30. The Balaban J connectivity index is 0.00000128. The fourth-order valence-corrected chi connectivity index (χ4v) is 1.61. The van der Waals surface area contributed by atoms with Crippen LogP contribution in [0, 0.1) is 17.6 Å². The van der Waals surface area contributed by atoms with E-state index in [9.17, 15) is 13.2 Å². The van der Waals surface area contributed by atoms with Gasteiger partial charge >= 0.3 is 0 Å². The van der Waals surface area contributed by atoms with Gasteiger partial charge in [-0.25, -0.2) is 9.37 Å². The van der Waals surface area contributed by atoms with Gasteiger partial charge in [-0.3, -0.25) is 0 Å². The molecule has 1 aliphatic rings. The van der Waals surface area contributed by atoms with E-state index in [1.807, 2.05) is 0 Å². The minimum atomic E-state index is -1.26. The molecule has 3 nitrogen and oxygen atoms in total. The summed E-state index contributed by atoms with van der Waals surface area (Å²) in [6, 6.07) is 0. The fourth-order valence-electron chi connectivity index (χ4n) is 1.61. The van der Waals surface area contributed by atoms with Crippen molar-refractivity contribution in [2.75, 3.05) is 31.1 Å². The van der Waals surface area contributed by atoms with Crippen molar-refractivity contribution < 1.29 is 13.2 Å². The molecule has 0 unspecified atom stereocenters. The molecule has 1 aliphatic heterocycles. The molecule has 90 valence electrons. The maximum atomic E-state index is 13.3. The average Bonchev–Trinajstić information content (AvgIpc) is 2.26. The topological polar surface area (TPSA) is 28.2 Å². The summed E-state index contributed by atoms with van der Waals surface area (Å²) in [6.07, 6.45) is 0.704. The summed E-state index contributed by atoms with van der Waals surface area (Å²) < 4.78 is 39.4. The number of nitrogens with zero attached hydrogens (tertiary/aromatic N) is 2. The quantitative estimate of drug-likeness (QED) is 0.766. The number of anilines is 1. The predicted octanol–water partition coefficient (Wildman–Crippen LogP) is 1.33. The first kappa shape index (κ1) is 13.1. The number of nitrogens with one attached hydrogen (secondary N) is 1. The highest BCUT2D eigenvalue weighted by molar-refractivity contribution is 5.85. The van der Waals surface area contributed by atoms with Crippen LogP contribution >= 0.6 is 12.4 Å². The van der Waals surface area contributed by atoms with Crippen LogP contribution < -0.4 is 10.2 Å². The van der Waals surface area contributed by atoms with Crippen molar-refractivity contribution in [3.05, 3.63) is 23.8 Å². The lowest BCUT2D eigenvalue weighted by Crippen LogP contribution is -2.44. The monoisotopic (exact) mass is 253 g/mol. The SMILES string of the molecule is Cl.Fc1cnc(F)c(F)c1N1CCNCC1. The van der Waals surface area contributed by atoms with Gasteiger partial charge in [0.2, 0.25) is 5.82 Å². The zero-order valence-electron chi connectivity index (χ0n) is 8.34. The molecule has 1 saturated heterocycles. The second kappa shape index (κ2) is 5.36. The molecule has 0 aromatic carbocycles. The first-order valence-corrected chi connectivity index (χ1v) is 4.65. The molecule has 2 heterocycles. The third-order valence-electron chi connectivity index (χ3n) is 2.34. The standard InChI is InChI=1S/C9H10F3N3.ClH/c10-6-5-14-9(12)7(11)8(6)15-3-1-13-2-4-15;/h5,13H,1-4H2;1H. The summed E-state index contributed by atoms with van der Waals surface area (Å²) in [4.78, 5) is 4.45. The number of hydrogen-bond acceptors (Lipinski definition) is 3. The minimum Gasteiger partial charge on any atom is -0.364 e. The number of piperazine rings is 1. The van der Waals surface area contributed by atoms with Crippen molar-refractivity contribution in [3.8, 4) is 0 Å². The third-order valence-corrected chi connectivity index (χ3v) is 2.34. The van der Waals surface area contributed by atoms with Gasteiger partial charge in [-0.1, -0.05) is 0 Å². The molecule has 0 radical (unpaired) electrons. The van der Waals surface area contributed by atoms with E-state index >= 15 is 0 Å². The molecule has 0 atom stereocenters. The van der Waals surface area contributed by atoms with Crippen LogP contribution in [0.2, 0.25) is 0 Å². The molecule has 0 aliphatic carbocycles. The molecule has 2 rings (SSSR count). The smallest absolute Gasteiger partial charge is 0.251 e. The highest BCUT2D eigenvalue weighted by atomic mass is 35.5. The Morgan fingerprint density at radius 1 is 1.19 bits per heavy atom. The van der Waals surface area contributed by atoms with E-state index in [1.165, 1.54) is 4.90 Å². The predicted molar refractivity (Wildman–Crippen MR) is 56.4 cm³/mol. The van der Waals surface area contributed by atoms with Crippen molar-refractivity contribution in [2.45, 2.75) is 0 Å². The lowest BCUT2D eigenvalue weighted by molar-refractivity contribution is 0.456. The molecule has 0 amide bonds. The van der Waals surface area contributed by atoms with E-state index in [4.69, 9.17) is 0 Å². The molecule has 16 heavy (non-hydrogen) atoms. The summed E-state index contributed by atoms with van der Waals surface area (Å²) in [5.41, 5.74) is -0.316. The zero-order valence-corrected chi connectivity index (χ0v) is 9.16. The normalized spacial score (nSPS) is 15.8. The molecule has 0 saturated carbocycles. The lowest BCUT2D eigenvalue weighted by atomic mass is 10.3. The van der Waals surface area contributed by atoms with Gasteiger partial charge in [0.15, 0.2) is 5.82 Å². The van der Waals surface area contributed by atoms with E-state index in [-0.39, 0.29) is 18.1 Å². The van der Waals surface area contributed by atoms with Gasteiger partial charge in [0.05, 0.1) is 6.20 Å². The Kier molecular flexibility index (Phi) is 4.37.